The lowest BCUT2D eigenvalue weighted by Crippen LogP contribution is -2.43. The normalized spacial score (nSPS) is 17.2. The number of carbonyl (C=O) groups is 2. The molecule has 0 aromatic heterocycles. The number of aryl methyl sites for hydroxylation is 1. The SMILES string of the molecule is Cc1ccc(NC(=O)NC2CCN(c3ccccc3)C2=O)cc1. The third kappa shape index (κ3) is 3.51. The number of hydrogen-bond acceptors (Lipinski definition) is 2. The van der Waals surface area contributed by atoms with Gasteiger partial charge in [-0.05, 0) is 37.6 Å². The lowest BCUT2D eigenvalue weighted by atomic mass is 10.2. The standard InChI is InChI=1S/C18H19N3O2/c1-13-7-9-14(10-8-13)19-18(23)20-16-11-12-21(17(16)22)15-5-3-2-4-6-15/h2-10,16H,11-12H2,1H3,(H2,19,20,23). The Bertz CT molecular complexity index is 698. The predicted molar refractivity (Wildman–Crippen MR) is 90.5 cm³/mol. The Labute approximate surface area is 135 Å². The molecule has 2 aromatic rings. The highest BCUT2D eigenvalue weighted by Crippen LogP contribution is 2.21. The Morgan fingerprint density at radius 2 is 1.78 bits per heavy atom. The van der Waals surface area contributed by atoms with Gasteiger partial charge in [-0.2, -0.15) is 0 Å². The Kier molecular flexibility index (Phi) is 4.28. The summed E-state index contributed by atoms with van der Waals surface area (Å²) in [5, 5.41) is 5.50. The number of amides is 3. The maximum absolute atomic E-state index is 12.4. The van der Waals surface area contributed by atoms with E-state index >= 15 is 0 Å². The molecule has 23 heavy (non-hydrogen) atoms. The molecule has 1 fully saturated rings. The predicted octanol–water partition coefficient (Wildman–Crippen LogP) is 2.92. The summed E-state index contributed by atoms with van der Waals surface area (Å²) in [6.07, 6.45) is 0.606. The summed E-state index contributed by atoms with van der Waals surface area (Å²) in [6, 6.07) is 16.2. The van der Waals surface area contributed by atoms with Crippen molar-refractivity contribution in [2.24, 2.45) is 0 Å². The minimum Gasteiger partial charge on any atom is -0.326 e. The van der Waals surface area contributed by atoms with Crippen LogP contribution in [-0.4, -0.2) is 24.5 Å². The van der Waals surface area contributed by atoms with E-state index in [-0.39, 0.29) is 11.9 Å². The number of para-hydroxylation sites is 1. The van der Waals surface area contributed by atoms with Crippen molar-refractivity contribution in [3.8, 4) is 0 Å². The van der Waals surface area contributed by atoms with Crippen molar-refractivity contribution in [3.05, 3.63) is 60.2 Å². The summed E-state index contributed by atoms with van der Waals surface area (Å²) in [5.41, 5.74) is 2.69. The molecule has 1 aliphatic heterocycles. The molecule has 3 amide bonds. The molecular weight excluding hydrogens is 290 g/mol. The highest BCUT2D eigenvalue weighted by molar-refractivity contribution is 6.02. The molecule has 1 atom stereocenters. The Morgan fingerprint density at radius 1 is 1.09 bits per heavy atom. The van der Waals surface area contributed by atoms with E-state index in [1.165, 1.54) is 0 Å². The lowest BCUT2D eigenvalue weighted by Gasteiger charge is -2.17. The van der Waals surface area contributed by atoms with Crippen molar-refractivity contribution < 1.29 is 9.59 Å². The zero-order valence-electron chi connectivity index (χ0n) is 13.0. The molecule has 5 nitrogen and oxygen atoms in total. The Balaban J connectivity index is 1.59. The Morgan fingerprint density at radius 3 is 2.48 bits per heavy atom. The second-order valence-electron chi connectivity index (χ2n) is 5.63. The van der Waals surface area contributed by atoms with Gasteiger partial charge in [-0.3, -0.25) is 4.79 Å². The molecule has 2 N–H and O–H groups in total. The first-order valence-electron chi connectivity index (χ1n) is 7.64. The van der Waals surface area contributed by atoms with E-state index in [1.54, 1.807) is 4.90 Å². The van der Waals surface area contributed by atoms with Crippen LogP contribution in [0.1, 0.15) is 12.0 Å². The van der Waals surface area contributed by atoms with Gasteiger partial charge in [-0.25, -0.2) is 4.79 Å². The smallest absolute Gasteiger partial charge is 0.319 e. The molecule has 0 aliphatic carbocycles. The molecule has 3 rings (SSSR count). The topological polar surface area (TPSA) is 61.4 Å². The van der Waals surface area contributed by atoms with Crippen LogP contribution < -0.4 is 15.5 Å². The highest BCUT2D eigenvalue weighted by atomic mass is 16.2. The van der Waals surface area contributed by atoms with E-state index in [1.807, 2.05) is 61.5 Å². The molecular formula is C18H19N3O2. The van der Waals surface area contributed by atoms with Crippen LogP contribution in [-0.2, 0) is 4.79 Å². The van der Waals surface area contributed by atoms with Gasteiger partial charge in [0.05, 0.1) is 0 Å². The van der Waals surface area contributed by atoms with Crippen molar-refractivity contribution in [1.29, 1.82) is 0 Å². The second-order valence-corrected chi connectivity index (χ2v) is 5.63. The molecule has 0 saturated carbocycles. The number of hydrogen-bond donors (Lipinski definition) is 2. The lowest BCUT2D eigenvalue weighted by molar-refractivity contribution is -0.118. The minimum atomic E-state index is -0.486. The summed E-state index contributed by atoms with van der Waals surface area (Å²) in [7, 11) is 0. The van der Waals surface area contributed by atoms with Gasteiger partial charge in [-0.15, -0.1) is 0 Å². The molecule has 1 unspecified atom stereocenters. The molecule has 1 heterocycles. The van der Waals surface area contributed by atoms with Gasteiger partial charge in [-0.1, -0.05) is 35.9 Å². The zero-order chi connectivity index (χ0) is 16.2. The second kappa shape index (κ2) is 6.52. The number of benzene rings is 2. The van der Waals surface area contributed by atoms with Gasteiger partial charge in [0.2, 0.25) is 5.91 Å². The third-order valence-electron chi connectivity index (χ3n) is 3.89. The molecule has 0 radical (unpaired) electrons. The van der Waals surface area contributed by atoms with Gasteiger partial charge >= 0.3 is 6.03 Å². The molecule has 1 aliphatic rings. The summed E-state index contributed by atoms with van der Waals surface area (Å²) in [4.78, 5) is 26.2. The monoisotopic (exact) mass is 309 g/mol. The number of nitrogens with one attached hydrogen (secondary N) is 2. The molecule has 0 bridgehead atoms. The molecule has 118 valence electrons. The van der Waals surface area contributed by atoms with Crippen LogP contribution in [0.2, 0.25) is 0 Å². The van der Waals surface area contributed by atoms with Crippen LogP contribution in [0.4, 0.5) is 16.2 Å². The van der Waals surface area contributed by atoms with E-state index < -0.39 is 6.04 Å². The van der Waals surface area contributed by atoms with Crippen LogP contribution in [0.3, 0.4) is 0 Å². The van der Waals surface area contributed by atoms with Crippen LogP contribution in [0.5, 0.6) is 0 Å². The average molecular weight is 309 g/mol. The van der Waals surface area contributed by atoms with Crippen molar-refractivity contribution in [2.45, 2.75) is 19.4 Å². The summed E-state index contributed by atoms with van der Waals surface area (Å²) in [6.45, 7) is 2.59. The van der Waals surface area contributed by atoms with Crippen LogP contribution in [0.15, 0.2) is 54.6 Å². The number of rotatable bonds is 3. The minimum absolute atomic E-state index is 0.0738. The van der Waals surface area contributed by atoms with Crippen molar-refractivity contribution in [3.63, 3.8) is 0 Å². The fourth-order valence-corrected chi connectivity index (χ4v) is 2.64. The largest absolute Gasteiger partial charge is 0.326 e. The van der Waals surface area contributed by atoms with E-state index in [4.69, 9.17) is 0 Å². The fourth-order valence-electron chi connectivity index (χ4n) is 2.64. The first-order chi connectivity index (χ1) is 11.1. The van der Waals surface area contributed by atoms with E-state index in [0.29, 0.717) is 18.7 Å². The van der Waals surface area contributed by atoms with Gasteiger partial charge in [0.1, 0.15) is 6.04 Å². The zero-order valence-corrected chi connectivity index (χ0v) is 13.0. The summed E-state index contributed by atoms with van der Waals surface area (Å²) < 4.78 is 0. The van der Waals surface area contributed by atoms with Gasteiger partial charge in [0, 0.05) is 17.9 Å². The fraction of sp³-hybridized carbons (Fsp3) is 0.222. The van der Waals surface area contributed by atoms with Crippen molar-refractivity contribution in [2.75, 3.05) is 16.8 Å². The van der Waals surface area contributed by atoms with Crippen molar-refractivity contribution >= 4 is 23.3 Å². The third-order valence-corrected chi connectivity index (χ3v) is 3.89. The number of nitrogens with zero attached hydrogens (tertiary/aromatic N) is 1. The first-order valence-corrected chi connectivity index (χ1v) is 7.64. The molecule has 2 aromatic carbocycles. The van der Waals surface area contributed by atoms with E-state index in [2.05, 4.69) is 10.6 Å². The molecule has 5 heteroatoms. The van der Waals surface area contributed by atoms with Crippen LogP contribution in [0.25, 0.3) is 0 Å². The maximum atomic E-state index is 12.4. The molecule has 0 spiro atoms. The van der Waals surface area contributed by atoms with Crippen LogP contribution in [0, 0.1) is 6.92 Å². The number of carbonyl (C=O) groups excluding carboxylic acids is 2. The maximum Gasteiger partial charge on any atom is 0.319 e. The quantitative estimate of drug-likeness (QED) is 0.916. The average Bonchev–Trinajstić information content (AvgIpc) is 2.91. The first kappa shape index (κ1) is 15.1. The van der Waals surface area contributed by atoms with Gasteiger partial charge < -0.3 is 15.5 Å². The van der Waals surface area contributed by atoms with Crippen LogP contribution >= 0.6 is 0 Å². The van der Waals surface area contributed by atoms with Crippen molar-refractivity contribution in [1.82, 2.24) is 5.32 Å². The van der Waals surface area contributed by atoms with Gasteiger partial charge in [0.15, 0.2) is 0 Å². The van der Waals surface area contributed by atoms with E-state index in [0.717, 1.165) is 11.3 Å². The summed E-state index contributed by atoms with van der Waals surface area (Å²) in [5.74, 6) is -0.0738. The number of urea groups is 1. The summed E-state index contributed by atoms with van der Waals surface area (Å²) >= 11 is 0. The highest BCUT2D eigenvalue weighted by Gasteiger charge is 2.33. The molecule has 1 saturated heterocycles. The van der Waals surface area contributed by atoms with Gasteiger partial charge in [0.25, 0.3) is 0 Å². The number of anilines is 2. The Hall–Kier alpha value is -2.82. The van der Waals surface area contributed by atoms with E-state index in [9.17, 15) is 9.59 Å².